The van der Waals surface area contributed by atoms with Gasteiger partial charge < -0.3 is 19.1 Å². The van der Waals surface area contributed by atoms with Crippen molar-refractivity contribution in [3.63, 3.8) is 0 Å². The summed E-state index contributed by atoms with van der Waals surface area (Å²) in [6, 6.07) is 7.87. The maximum absolute atomic E-state index is 12.4. The number of nitriles is 1. The van der Waals surface area contributed by atoms with E-state index in [-0.39, 0.29) is 17.9 Å². The number of methoxy groups -OCH3 is 1. The Morgan fingerprint density at radius 1 is 1.31 bits per heavy atom. The molecule has 0 bridgehead atoms. The molecule has 1 amide bonds. The van der Waals surface area contributed by atoms with Gasteiger partial charge in [-0.3, -0.25) is 4.79 Å². The lowest BCUT2D eigenvalue weighted by molar-refractivity contribution is -0.137. The quantitative estimate of drug-likeness (QED) is 0.539. The lowest BCUT2D eigenvalue weighted by atomic mass is 9.72. The topological polar surface area (TPSA) is 84.2 Å². The molecule has 1 atom stereocenters. The van der Waals surface area contributed by atoms with Crippen molar-refractivity contribution in [2.45, 2.75) is 40.0 Å². The van der Waals surface area contributed by atoms with Gasteiger partial charge in [-0.15, -0.1) is 11.3 Å². The van der Waals surface area contributed by atoms with Crippen LogP contribution in [0.15, 0.2) is 23.2 Å². The summed E-state index contributed by atoms with van der Waals surface area (Å²) in [6.07, 6.45) is 4.81. The number of hydrogen-bond acceptors (Lipinski definition) is 7. The van der Waals surface area contributed by atoms with Gasteiger partial charge in [-0.1, -0.05) is 20.8 Å². The molecule has 0 N–H and O–H groups in total. The minimum Gasteiger partial charge on any atom is -0.493 e. The van der Waals surface area contributed by atoms with E-state index in [2.05, 4.69) is 31.8 Å². The van der Waals surface area contributed by atoms with Gasteiger partial charge in [0.2, 0.25) is 0 Å². The average molecular weight is 496 g/mol. The predicted octanol–water partition coefficient (Wildman–Crippen LogP) is 4.77. The van der Waals surface area contributed by atoms with E-state index in [4.69, 9.17) is 14.2 Å². The highest BCUT2D eigenvalue weighted by Gasteiger charge is 2.32. The van der Waals surface area contributed by atoms with E-state index in [1.807, 2.05) is 12.1 Å². The molecule has 1 aromatic carbocycles. The Morgan fingerprint density at radius 2 is 2.09 bits per heavy atom. The molecule has 1 aliphatic heterocycles. The molecule has 35 heavy (non-hydrogen) atoms. The Morgan fingerprint density at radius 3 is 2.77 bits per heavy atom. The second-order valence-corrected chi connectivity index (χ2v) is 11.1. The Hall–Kier alpha value is -2.89. The van der Waals surface area contributed by atoms with E-state index >= 15 is 0 Å². The molecule has 186 valence electrons. The molecular weight excluding hydrogens is 462 g/mol. The van der Waals surface area contributed by atoms with E-state index in [1.165, 1.54) is 10.4 Å². The number of fused-ring (bicyclic) bond motifs is 1. The molecule has 2 heterocycles. The maximum Gasteiger partial charge on any atom is 0.260 e. The van der Waals surface area contributed by atoms with Crippen LogP contribution in [-0.2, 0) is 22.4 Å². The summed E-state index contributed by atoms with van der Waals surface area (Å²) in [5.41, 5.74) is 2.97. The molecule has 0 spiro atoms. The van der Waals surface area contributed by atoms with Crippen LogP contribution >= 0.6 is 11.3 Å². The van der Waals surface area contributed by atoms with Crippen LogP contribution in [0.1, 0.15) is 48.8 Å². The van der Waals surface area contributed by atoms with Crippen LogP contribution in [0.3, 0.4) is 0 Å². The first-order valence-corrected chi connectivity index (χ1v) is 12.9. The van der Waals surface area contributed by atoms with Crippen molar-refractivity contribution < 1.29 is 19.0 Å². The number of carbonyl (C=O) groups is 1. The first-order chi connectivity index (χ1) is 16.8. The van der Waals surface area contributed by atoms with E-state index in [9.17, 15) is 10.1 Å². The molecule has 8 heteroatoms. The fourth-order valence-corrected chi connectivity index (χ4v) is 5.80. The number of morpholine rings is 1. The fourth-order valence-electron chi connectivity index (χ4n) is 4.58. The largest absolute Gasteiger partial charge is 0.493 e. The van der Waals surface area contributed by atoms with Crippen molar-refractivity contribution in [1.82, 2.24) is 4.90 Å². The molecular formula is C27H33N3O4S. The molecule has 0 unspecified atom stereocenters. The van der Waals surface area contributed by atoms with Gasteiger partial charge in [-0.05, 0) is 59.9 Å². The van der Waals surface area contributed by atoms with Crippen molar-refractivity contribution in [1.29, 1.82) is 5.26 Å². The lowest BCUT2D eigenvalue weighted by Gasteiger charge is -2.33. The SMILES string of the molecule is COc1cc(C=Nc2sc3c(c2C#N)CC[C@H](C(C)(C)C)C3)ccc1OCC(=O)N1CCOCC1. The highest BCUT2D eigenvalue weighted by Crippen LogP contribution is 2.45. The van der Waals surface area contributed by atoms with Crippen LogP contribution in [-0.4, -0.2) is 57.0 Å². The van der Waals surface area contributed by atoms with Crippen LogP contribution in [0, 0.1) is 22.7 Å². The fraction of sp³-hybridized carbons (Fsp3) is 0.519. The molecule has 1 saturated heterocycles. The van der Waals surface area contributed by atoms with Gasteiger partial charge in [-0.25, -0.2) is 4.99 Å². The first-order valence-electron chi connectivity index (χ1n) is 12.0. The van der Waals surface area contributed by atoms with Crippen LogP contribution in [0.4, 0.5) is 5.00 Å². The second-order valence-electron chi connectivity index (χ2n) is 10.1. The molecule has 0 saturated carbocycles. The third-order valence-corrected chi connectivity index (χ3v) is 7.98. The number of nitrogens with zero attached hydrogens (tertiary/aromatic N) is 3. The van der Waals surface area contributed by atoms with Gasteiger partial charge >= 0.3 is 0 Å². The molecule has 2 aromatic rings. The normalized spacial score (nSPS) is 18.3. The summed E-state index contributed by atoms with van der Waals surface area (Å²) in [6.45, 7) is 9.11. The zero-order chi connectivity index (χ0) is 25.0. The minimum atomic E-state index is -0.0691. The summed E-state index contributed by atoms with van der Waals surface area (Å²) in [4.78, 5) is 20.1. The predicted molar refractivity (Wildman–Crippen MR) is 137 cm³/mol. The van der Waals surface area contributed by atoms with Crippen molar-refractivity contribution in [3.05, 3.63) is 39.8 Å². The zero-order valence-electron chi connectivity index (χ0n) is 20.9. The van der Waals surface area contributed by atoms with E-state index in [0.717, 1.165) is 29.8 Å². The molecule has 1 aliphatic carbocycles. The Bertz CT molecular complexity index is 1140. The third kappa shape index (κ3) is 5.85. The monoisotopic (exact) mass is 495 g/mol. The third-order valence-electron chi connectivity index (χ3n) is 6.82. The zero-order valence-corrected chi connectivity index (χ0v) is 21.7. The van der Waals surface area contributed by atoms with Crippen molar-refractivity contribution >= 4 is 28.5 Å². The number of amides is 1. The van der Waals surface area contributed by atoms with Crippen molar-refractivity contribution in [3.8, 4) is 17.6 Å². The summed E-state index contributed by atoms with van der Waals surface area (Å²) in [5, 5.41) is 10.6. The van der Waals surface area contributed by atoms with Crippen LogP contribution < -0.4 is 9.47 Å². The van der Waals surface area contributed by atoms with Gasteiger partial charge in [0.1, 0.15) is 11.1 Å². The number of rotatable bonds is 6. The van der Waals surface area contributed by atoms with Gasteiger partial charge in [-0.2, -0.15) is 5.26 Å². The summed E-state index contributed by atoms with van der Waals surface area (Å²) < 4.78 is 16.5. The van der Waals surface area contributed by atoms with Gasteiger partial charge in [0.15, 0.2) is 18.1 Å². The lowest BCUT2D eigenvalue weighted by Crippen LogP contribution is -2.43. The number of aliphatic imine (C=N–C) groups is 1. The Balaban J connectivity index is 1.46. The summed E-state index contributed by atoms with van der Waals surface area (Å²) in [5.74, 6) is 1.58. The number of hydrogen-bond donors (Lipinski definition) is 0. The molecule has 4 rings (SSSR count). The van der Waals surface area contributed by atoms with Gasteiger partial charge in [0.25, 0.3) is 5.91 Å². The molecule has 2 aliphatic rings. The van der Waals surface area contributed by atoms with Crippen molar-refractivity contribution in [2.24, 2.45) is 16.3 Å². The van der Waals surface area contributed by atoms with Crippen LogP contribution in [0.25, 0.3) is 0 Å². The Labute approximate surface area is 211 Å². The van der Waals surface area contributed by atoms with Gasteiger partial charge in [0.05, 0.1) is 25.9 Å². The Kier molecular flexibility index (Phi) is 7.78. The minimum absolute atomic E-state index is 0.0500. The van der Waals surface area contributed by atoms with Crippen molar-refractivity contribution in [2.75, 3.05) is 40.0 Å². The average Bonchev–Trinajstić information content (AvgIpc) is 3.22. The highest BCUT2D eigenvalue weighted by atomic mass is 32.1. The number of thiophene rings is 1. The van der Waals surface area contributed by atoms with Crippen LogP contribution in [0.5, 0.6) is 11.5 Å². The molecule has 1 fully saturated rings. The first kappa shape index (κ1) is 25.2. The second kappa shape index (κ2) is 10.8. The van der Waals surface area contributed by atoms with E-state index in [1.54, 1.807) is 35.6 Å². The van der Waals surface area contributed by atoms with Crippen LogP contribution in [0.2, 0.25) is 0 Å². The standard InChI is InChI=1S/C27H33N3O4S/c1-27(2,3)19-6-7-20-21(15-28)26(35-24(20)14-19)29-16-18-5-8-22(23(13-18)32-4)34-17-25(31)30-9-11-33-12-10-30/h5,8,13,16,19H,6-7,9-12,14,17H2,1-4H3/t19-/m0/s1. The molecule has 1 aromatic heterocycles. The molecule has 0 radical (unpaired) electrons. The maximum atomic E-state index is 12.4. The van der Waals surface area contributed by atoms with E-state index < -0.39 is 0 Å². The van der Waals surface area contributed by atoms with E-state index in [0.29, 0.717) is 49.3 Å². The smallest absolute Gasteiger partial charge is 0.260 e. The van der Waals surface area contributed by atoms with Gasteiger partial charge in [0, 0.05) is 24.2 Å². The highest BCUT2D eigenvalue weighted by molar-refractivity contribution is 7.16. The number of benzene rings is 1. The summed E-state index contributed by atoms with van der Waals surface area (Å²) in [7, 11) is 1.57. The number of carbonyl (C=O) groups excluding carboxylic acids is 1. The molecule has 7 nitrogen and oxygen atoms in total. The number of ether oxygens (including phenoxy) is 3. The summed E-state index contributed by atoms with van der Waals surface area (Å²) >= 11 is 1.64.